The Labute approximate surface area is 137 Å². The summed E-state index contributed by atoms with van der Waals surface area (Å²) < 4.78 is 52.6. The summed E-state index contributed by atoms with van der Waals surface area (Å²) in [4.78, 5) is 22.1. The van der Waals surface area contributed by atoms with Crippen LogP contribution in [-0.4, -0.2) is 55.0 Å². The van der Waals surface area contributed by atoms with Crippen molar-refractivity contribution >= 4 is 17.3 Å². The van der Waals surface area contributed by atoms with E-state index in [9.17, 15) is 37.6 Å². The molecule has 0 unspecified atom stereocenters. The zero-order valence-corrected chi connectivity index (χ0v) is 12.7. The van der Waals surface area contributed by atoms with E-state index in [1.807, 2.05) is 0 Å². The van der Waals surface area contributed by atoms with Gasteiger partial charge < -0.3 is 5.11 Å². The number of halogens is 4. The molecule has 25 heavy (non-hydrogen) atoms. The van der Waals surface area contributed by atoms with Gasteiger partial charge in [0.1, 0.15) is 18.1 Å². The van der Waals surface area contributed by atoms with Crippen molar-refractivity contribution in [1.29, 1.82) is 0 Å². The van der Waals surface area contributed by atoms with Crippen LogP contribution in [0.15, 0.2) is 17.5 Å². The van der Waals surface area contributed by atoms with Crippen LogP contribution in [-0.2, 0) is 11.3 Å². The van der Waals surface area contributed by atoms with Crippen molar-refractivity contribution in [2.75, 3.05) is 0 Å². The molecule has 1 aromatic heterocycles. The van der Waals surface area contributed by atoms with E-state index in [-0.39, 0.29) is 17.2 Å². The number of hydrazone groups is 1. The standard InChI is InChI=1S/C12H13F4N5O4/c1-6(4-19-5-7(3-17-19)21(24)25)10(22)20-12(23,11(15)16)2-8(18-20)9(13)14/h3,5-6,9,11,23H,2,4H2,1H3/t6-,12-/m0/s1. The van der Waals surface area contributed by atoms with Gasteiger partial charge in [0, 0.05) is 6.42 Å². The predicted octanol–water partition coefficient (Wildman–Crippen LogP) is 1.23. The Morgan fingerprint density at radius 1 is 1.48 bits per heavy atom. The number of carbonyl (C=O) groups excluding carboxylic acids is 1. The van der Waals surface area contributed by atoms with Crippen molar-refractivity contribution in [3.05, 3.63) is 22.5 Å². The van der Waals surface area contributed by atoms with Crippen molar-refractivity contribution in [1.82, 2.24) is 14.8 Å². The Kier molecular flexibility index (Phi) is 5.06. The Morgan fingerprint density at radius 3 is 2.60 bits per heavy atom. The Balaban J connectivity index is 2.19. The summed E-state index contributed by atoms with van der Waals surface area (Å²) >= 11 is 0. The Hall–Kier alpha value is -2.57. The third kappa shape index (κ3) is 3.60. The summed E-state index contributed by atoms with van der Waals surface area (Å²) in [5.41, 5.74) is -4.53. The number of alkyl halides is 4. The highest BCUT2D eigenvalue weighted by molar-refractivity contribution is 5.93. The lowest BCUT2D eigenvalue weighted by atomic mass is 10.1. The van der Waals surface area contributed by atoms with Crippen LogP contribution in [0.25, 0.3) is 0 Å². The second-order valence-electron chi connectivity index (χ2n) is 5.48. The molecule has 138 valence electrons. The molecule has 1 aliphatic heterocycles. The van der Waals surface area contributed by atoms with Crippen LogP contribution in [0.4, 0.5) is 23.2 Å². The van der Waals surface area contributed by atoms with Gasteiger partial charge in [0.05, 0.1) is 17.4 Å². The molecule has 9 nitrogen and oxygen atoms in total. The lowest BCUT2D eigenvalue weighted by Gasteiger charge is -2.31. The third-order valence-electron chi connectivity index (χ3n) is 3.56. The number of nitro groups is 1. The number of carbonyl (C=O) groups is 1. The highest BCUT2D eigenvalue weighted by Gasteiger charge is 2.53. The van der Waals surface area contributed by atoms with Crippen LogP contribution in [0.2, 0.25) is 0 Å². The smallest absolute Gasteiger partial charge is 0.306 e. The number of hydrogen-bond donors (Lipinski definition) is 1. The van der Waals surface area contributed by atoms with E-state index in [0.29, 0.717) is 0 Å². The Morgan fingerprint density at radius 2 is 2.12 bits per heavy atom. The van der Waals surface area contributed by atoms with Gasteiger partial charge in [0.25, 0.3) is 12.9 Å². The maximum Gasteiger partial charge on any atom is 0.306 e. The molecule has 0 bridgehead atoms. The quantitative estimate of drug-likeness (QED) is 0.462. The average molecular weight is 367 g/mol. The first kappa shape index (κ1) is 18.8. The van der Waals surface area contributed by atoms with Crippen LogP contribution in [0, 0.1) is 16.0 Å². The zero-order chi connectivity index (χ0) is 18.9. The van der Waals surface area contributed by atoms with Gasteiger partial charge in [0.2, 0.25) is 11.6 Å². The second kappa shape index (κ2) is 6.74. The largest absolute Gasteiger partial charge is 0.364 e. The van der Waals surface area contributed by atoms with E-state index < -0.39 is 47.5 Å². The van der Waals surface area contributed by atoms with E-state index in [1.54, 1.807) is 0 Å². The summed E-state index contributed by atoms with van der Waals surface area (Å²) in [6.45, 7) is 1.000. The fraction of sp³-hybridized carbons (Fsp3) is 0.583. The van der Waals surface area contributed by atoms with E-state index in [0.717, 1.165) is 17.1 Å². The topological polar surface area (TPSA) is 114 Å². The summed E-state index contributed by atoms with van der Waals surface area (Å²) in [6, 6.07) is 0. The van der Waals surface area contributed by atoms with Gasteiger partial charge in [-0.25, -0.2) is 17.6 Å². The molecule has 1 amide bonds. The van der Waals surface area contributed by atoms with Gasteiger partial charge in [0.15, 0.2) is 0 Å². The Bertz CT molecular complexity index is 709. The van der Waals surface area contributed by atoms with Crippen molar-refractivity contribution in [3.63, 3.8) is 0 Å². The van der Waals surface area contributed by atoms with Crippen LogP contribution in [0.1, 0.15) is 13.3 Å². The van der Waals surface area contributed by atoms with Gasteiger partial charge in [-0.05, 0) is 0 Å². The van der Waals surface area contributed by atoms with Crippen LogP contribution >= 0.6 is 0 Å². The molecule has 0 fully saturated rings. The lowest BCUT2D eigenvalue weighted by Crippen LogP contribution is -2.53. The number of hydrogen-bond acceptors (Lipinski definition) is 6. The predicted molar refractivity (Wildman–Crippen MR) is 73.9 cm³/mol. The molecule has 2 heterocycles. The first-order chi connectivity index (χ1) is 11.6. The molecular weight excluding hydrogens is 354 g/mol. The van der Waals surface area contributed by atoms with Gasteiger partial charge in [-0.1, -0.05) is 6.92 Å². The lowest BCUT2D eigenvalue weighted by molar-refractivity contribution is -0.385. The first-order valence-corrected chi connectivity index (χ1v) is 6.93. The minimum atomic E-state index is -3.52. The molecule has 0 saturated carbocycles. The monoisotopic (exact) mass is 367 g/mol. The fourth-order valence-electron chi connectivity index (χ4n) is 2.24. The fourth-order valence-corrected chi connectivity index (χ4v) is 2.24. The van der Waals surface area contributed by atoms with Gasteiger partial charge in [-0.15, -0.1) is 0 Å². The van der Waals surface area contributed by atoms with Crippen molar-refractivity contribution in [3.8, 4) is 0 Å². The van der Waals surface area contributed by atoms with Crippen LogP contribution in [0.5, 0.6) is 0 Å². The number of aliphatic hydroxyl groups is 1. The molecule has 13 heteroatoms. The third-order valence-corrected chi connectivity index (χ3v) is 3.56. The molecule has 1 aliphatic rings. The molecule has 1 aromatic rings. The molecule has 0 aliphatic carbocycles. The van der Waals surface area contributed by atoms with E-state index in [1.165, 1.54) is 6.92 Å². The molecule has 0 spiro atoms. The summed E-state index contributed by atoms with van der Waals surface area (Å²) in [5.74, 6) is -2.26. The van der Waals surface area contributed by atoms with Gasteiger partial charge in [-0.3, -0.25) is 19.6 Å². The maximum absolute atomic E-state index is 13.1. The zero-order valence-electron chi connectivity index (χ0n) is 12.7. The van der Waals surface area contributed by atoms with Gasteiger partial charge in [-0.2, -0.15) is 15.2 Å². The van der Waals surface area contributed by atoms with Gasteiger partial charge >= 0.3 is 5.69 Å². The van der Waals surface area contributed by atoms with Crippen LogP contribution in [0.3, 0.4) is 0 Å². The van der Waals surface area contributed by atoms with Crippen molar-refractivity contribution in [2.24, 2.45) is 11.0 Å². The minimum Gasteiger partial charge on any atom is -0.364 e. The van der Waals surface area contributed by atoms with E-state index >= 15 is 0 Å². The highest BCUT2D eigenvalue weighted by Crippen LogP contribution is 2.34. The molecule has 2 atom stereocenters. The number of nitrogens with zero attached hydrogens (tertiary/aromatic N) is 5. The normalized spacial score (nSPS) is 21.8. The molecule has 0 saturated heterocycles. The molecule has 0 aromatic carbocycles. The summed E-state index contributed by atoms with van der Waals surface area (Å²) in [7, 11) is 0. The average Bonchev–Trinajstić information content (AvgIpc) is 3.12. The first-order valence-electron chi connectivity index (χ1n) is 6.93. The molecule has 2 rings (SSSR count). The minimum absolute atomic E-state index is 0.0399. The van der Waals surface area contributed by atoms with Crippen molar-refractivity contribution < 1.29 is 32.4 Å². The highest BCUT2D eigenvalue weighted by atomic mass is 19.3. The SMILES string of the molecule is C[C@@H](Cn1cc([N+](=O)[O-])cn1)C(=O)N1N=C(C(F)F)C[C@]1(O)C(F)F. The number of amides is 1. The molecular formula is C12H13F4N5O4. The van der Waals surface area contributed by atoms with Crippen LogP contribution < -0.4 is 0 Å². The number of aromatic nitrogens is 2. The van der Waals surface area contributed by atoms with E-state index in [2.05, 4.69) is 10.2 Å². The van der Waals surface area contributed by atoms with E-state index in [4.69, 9.17) is 0 Å². The molecule has 1 N–H and O–H groups in total. The number of rotatable bonds is 6. The maximum atomic E-state index is 13.1. The molecule has 0 radical (unpaired) electrons. The summed E-state index contributed by atoms with van der Waals surface area (Å²) in [5, 5.41) is 27.2. The van der Waals surface area contributed by atoms with Crippen molar-refractivity contribution in [2.45, 2.75) is 38.5 Å². The second-order valence-corrected chi connectivity index (χ2v) is 5.48. The summed E-state index contributed by atoms with van der Waals surface area (Å²) in [6.07, 6.45) is -5.95.